The van der Waals surface area contributed by atoms with E-state index in [1.807, 2.05) is 11.3 Å². The van der Waals surface area contributed by atoms with Gasteiger partial charge in [-0.05, 0) is 90.4 Å². The van der Waals surface area contributed by atoms with E-state index in [2.05, 4.69) is 70.9 Å². The topological polar surface area (TPSA) is 12.0 Å². The summed E-state index contributed by atoms with van der Waals surface area (Å²) in [4.78, 5) is 1.46. The molecule has 0 amide bonds. The van der Waals surface area contributed by atoms with Gasteiger partial charge in [0, 0.05) is 14.9 Å². The van der Waals surface area contributed by atoms with Gasteiger partial charge in [-0.25, -0.2) is 0 Å². The Balaban J connectivity index is 2.23. The molecule has 0 radical (unpaired) electrons. The van der Waals surface area contributed by atoms with E-state index < -0.39 is 0 Å². The summed E-state index contributed by atoms with van der Waals surface area (Å²) in [6.07, 6.45) is 3.71. The third kappa shape index (κ3) is 6.69. The number of rotatable bonds is 6. The van der Waals surface area contributed by atoms with Crippen LogP contribution in [0.5, 0.6) is 0 Å². The van der Waals surface area contributed by atoms with Gasteiger partial charge in [0.2, 0.25) is 0 Å². The molecule has 0 fully saturated rings. The third-order valence-corrected chi connectivity index (χ3v) is 6.19. The third-order valence-electron chi connectivity index (χ3n) is 2.87. The van der Waals surface area contributed by atoms with Crippen LogP contribution in [0.1, 0.15) is 45.4 Å². The summed E-state index contributed by atoms with van der Waals surface area (Å²) in [6.45, 7) is 10.1. The molecule has 4 heteroatoms. The zero-order valence-electron chi connectivity index (χ0n) is 11.6. The number of halogens is 2. The second kappa shape index (κ2) is 7.41. The maximum Gasteiger partial charge on any atom is 0.0843 e. The molecule has 0 aliphatic carbocycles. The van der Waals surface area contributed by atoms with Crippen molar-refractivity contribution < 1.29 is 0 Å². The van der Waals surface area contributed by atoms with Crippen molar-refractivity contribution in [2.24, 2.45) is 5.92 Å². The first-order valence-electron chi connectivity index (χ1n) is 6.46. The number of thiophene rings is 1. The first kappa shape index (κ1) is 16.7. The standard InChI is InChI=1S/C14H23Br2NS/c1-10(7-8-17-14(2,3)4)5-6-11-9-12(15)13(16)18-11/h9-10,17H,5-8H2,1-4H3. The molecule has 1 aromatic rings. The SMILES string of the molecule is CC(CCNC(C)(C)C)CCc1cc(Br)c(Br)s1. The van der Waals surface area contributed by atoms with Crippen molar-refractivity contribution in [1.29, 1.82) is 0 Å². The van der Waals surface area contributed by atoms with Crippen LogP contribution in [-0.2, 0) is 6.42 Å². The van der Waals surface area contributed by atoms with Crippen LogP contribution in [0.2, 0.25) is 0 Å². The molecule has 18 heavy (non-hydrogen) atoms. The van der Waals surface area contributed by atoms with Crippen molar-refractivity contribution >= 4 is 43.2 Å². The Morgan fingerprint density at radius 2 is 1.94 bits per heavy atom. The van der Waals surface area contributed by atoms with Gasteiger partial charge in [-0.3, -0.25) is 0 Å². The Hall–Kier alpha value is 0.620. The van der Waals surface area contributed by atoms with Gasteiger partial charge in [-0.2, -0.15) is 0 Å². The van der Waals surface area contributed by atoms with Gasteiger partial charge in [0.05, 0.1) is 3.79 Å². The van der Waals surface area contributed by atoms with Crippen molar-refractivity contribution in [3.8, 4) is 0 Å². The molecule has 1 rings (SSSR count). The second-order valence-electron chi connectivity index (χ2n) is 5.94. The average molecular weight is 397 g/mol. The highest BCUT2D eigenvalue weighted by Gasteiger charge is 2.10. The van der Waals surface area contributed by atoms with E-state index in [4.69, 9.17) is 0 Å². The molecular weight excluding hydrogens is 374 g/mol. The lowest BCUT2D eigenvalue weighted by atomic mass is 10.0. The van der Waals surface area contributed by atoms with Gasteiger partial charge in [0.15, 0.2) is 0 Å². The molecule has 0 spiro atoms. The lowest BCUT2D eigenvalue weighted by molar-refractivity contribution is 0.387. The zero-order valence-corrected chi connectivity index (χ0v) is 15.6. The van der Waals surface area contributed by atoms with Gasteiger partial charge in [-0.15, -0.1) is 11.3 Å². The van der Waals surface area contributed by atoms with Gasteiger partial charge >= 0.3 is 0 Å². The quantitative estimate of drug-likeness (QED) is 0.657. The predicted molar refractivity (Wildman–Crippen MR) is 89.6 cm³/mol. The molecule has 0 bridgehead atoms. The van der Waals surface area contributed by atoms with Gasteiger partial charge in [0.25, 0.3) is 0 Å². The van der Waals surface area contributed by atoms with E-state index in [1.54, 1.807) is 0 Å². The molecular formula is C14H23Br2NS. The molecule has 1 aromatic heterocycles. The normalized spacial score (nSPS) is 13.9. The number of hydrogen-bond donors (Lipinski definition) is 1. The summed E-state index contributed by atoms with van der Waals surface area (Å²) in [7, 11) is 0. The minimum atomic E-state index is 0.239. The molecule has 0 saturated carbocycles. The van der Waals surface area contributed by atoms with E-state index in [9.17, 15) is 0 Å². The van der Waals surface area contributed by atoms with Gasteiger partial charge in [0.1, 0.15) is 0 Å². The summed E-state index contributed by atoms with van der Waals surface area (Å²) in [5.41, 5.74) is 0.239. The molecule has 104 valence electrons. The molecule has 0 aliphatic rings. The van der Waals surface area contributed by atoms with Crippen molar-refractivity contribution in [1.82, 2.24) is 5.32 Å². The lowest BCUT2D eigenvalue weighted by Crippen LogP contribution is -2.36. The second-order valence-corrected chi connectivity index (χ2v) is 9.25. The first-order valence-corrected chi connectivity index (χ1v) is 8.87. The minimum Gasteiger partial charge on any atom is -0.312 e. The molecule has 1 unspecified atom stereocenters. The van der Waals surface area contributed by atoms with Crippen molar-refractivity contribution in [3.63, 3.8) is 0 Å². The summed E-state index contributed by atoms with van der Waals surface area (Å²) in [6, 6.07) is 2.23. The summed E-state index contributed by atoms with van der Waals surface area (Å²) in [5.74, 6) is 0.777. The summed E-state index contributed by atoms with van der Waals surface area (Å²) in [5, 5.41) is 3.55. The van der Waals surface area contributed by atoms with E-state index >= 15 is 0 Å². The summed E-state index contributed by atoms with van der Waals surface area (Å²) >= 11 is 8.93. The molecule has 0 aliphatic heterocycles. The van der Waals surface area contributed by atoms with Crippen LogP contribution in [0.25, 0.3) is 0 Å². The average Bonchev–Trinajstić information content (AvgIpc) is 2.54. The fourth-order valence-corrected chi connectivity index (χ4v) is 3.93. The highest BCUT2D eigenvalue weighted by Crippen LogP contribution is 2.33. The smallest absolute Gasteiger partial charge is 0.0843 e. The van der Waals surface area contributed by atoms with Crippen molar-refractivity contribution in [3.05, 3.63) is 19.2 Å². The maximum absolute atomic E-state index is 3.55. The van der Waals surface area contributed by atoms with E-state index in [-0.39, 0.29) is 5.54 Å². The van der Waals surface area contributed by atoms with Crippen LogP contribution in [-0.4, -0.2) is 12.1 Å². The summed E-state index contributed by atoms with van der Waals surface area (Å²) < 4.78 is 2.39. The van der Waals surface area contributed by atoms with Crippen LogP contribution >= 0.6 is 43.2 Å². The van der Waals surface area contributed by atoms with Crippen LogP contribution in [0.15, 0.2) is 14.3 Å². The molecule has 1 heterocycles. The molecule has 0 saturated heterocycles. The Kier molecular flexibility index (Phi) is 6.87. The first-order chi connectivity index (χ1) is 8.28. The Labute approximate surface area is 132 Å². The zero-order chi connectivity index (χ0) is 13.8. The Morgan fingerprint density at radius 3 is 2.44 bits per heavy atom. The Morgan fingerprint density at radius 1 is 1.28 bits per heavy atom. The number of aryl methyl sites for hydroxylation is 1. The Bertz CT molecular complexity index is 349. The molecule has 1 nitrogen and oxygen atoms in total. The van der Waals surface area contributed by atoms with E-state index in [0.29, 0.717) is 0 Å². The maximum atomic E-state index is 3.55. The van der Waals surface area contributed by atoms with Crippen LogP contribution in [0.3, 0.4) is 0 Å². The lowest BCUT2D eigenvalue weighted by Gasteiger charge is -2.21. The number of nitrogens with one attached hydrogen (secondary N) is 1. The monoisotopic (exact) mass is 395 g/mol. The largest absolute Gasteiger partial charge is 0.312 e. The van der Waals surface area contributed by atoms with Gasteiger partial charge < -0.3 is 5.32 Å². The van der Waals surface area contributed by atoms with Crippen LogP contribution in [0, 0.1) is 5.92 Å². The van der Waals surface area contributed by atoms with Crippen LogP contribution < -0.4 is 5.32 Å². The minimum absolute atomic E-state index is 0.239. The highest BCUT2D eigenvalue weighted by atomic mass is 79.9. The van der Waals surface area contributed by atoms with E-state index in [1.165, 1.54) is 32.4 Å². The molecule has 1 atom stereocenters. The molecule has 0 aromatic carbocycles. The fraction of sp³-hybridized carbons (Fsp3) is 0.714. The predicted octanol–water partition coefficient (Wildman–Crippen LogP) is 5.62. The van der Waals surface area contributed by atoms with Crippen LogP contribution in [0.4, 0.5) is 0 Å². The number of hydrogen-bond acceptors (Lipinski definition) is 2. The molecule has 1 N–H and O–H groups in total. The fourth-order valence-electron chi connectivity index (χ4n) is 1.74. The highest BCUT2D eigenvalue weighted by molar-refractivity contribution is 9.13. The van der Waals surface area contributed by atoms with Crippen molar-refractivity contribution in [2.45, 2.75) is 52.5 Å². The van der Waals surface area contributed by atoms with E-state index in [0.717, 1.165) is 12.5 Å². The van der Waals surface area contributed by atoms with Gasteiger partial charge in [-0.1, -0.05) is 6.92 Å². The van der Waals surface area contributed by atoms with Crippen molar-refractivity contribution in [2.75, 3.05) is 6.54 Å².